The molecule has 0 bridgehead atoms. The Balaban J connectivity index is 1.61. The monoisotopic (exact) mass is 371 g/mol. The summed E-state index contributed by atoms with van der Waals surface area (Å²) in [6, 6.07) is 0. The van der Waals surface area contributed by atoms with Gasteiger partial charge in [0.1, 0.15) is 0 Å². The van der Waals surface area contributed by atoms with Crippen molar-refractivity contribution in [1.82, 2.24) is 10.6 Å². The Bertz CT molecular complexity index is 795. The summed E-state index contributed by atoms with van der Waals surface area (Å²) in [5.41, 5.74) is 0.248. The van der Waals surface area contributed by atoms with E-state index in [2.05, 4.69) is 16.7 Å². The fourth-order valence-electron chi connectivity index (χ4n) is 6.28. The van der Waals surface area contributed by atoms with E-state index in [0.29, 0.717) is 31.6 Å². The number of aliphatic imine (C=N–C) groups is 1. The van der Waals surface area contributed by atoms with E-state index in [1.807, 2.05) is 6.92 Å². The first-order valence-corrected chi connectivity index (χ1v) is 9.94. The number of allylic oxidation sites excluding steroid dienone is 1. The van der Waals surface area contributed by atoms with Crippen LogP contribution in [0.25, 0.3) is 0 Å². The number of imide groups is 1. The lowest BCUT2D eigenvalue weighted by Crippen LogP contribution is -2.58. The van der Waals surface area contributed by atoms with Gasteiger partial charge in [0, 0.05) is 36.1 Å². The van der Waals surface area contributed by atoms with Crippen LogP contribution in [0.3, 0.4) is 0 Å². The number of ketones is 1. The molecule has 0 radical (unpaired) electrons. The van der Waals surface area contributed by atoms with Crippen molar-refractivity contribution in [2.75, 3.05) is 26.2 Å². The minimum absolute atomic E-state index is 0.0348. The summed E-state index contributed by atoms with van der Waals surface area (Å²) in [6.07, 6.45) is 4.80. The lowest BCUT2D eigenvalue weighted by atomic mass is 9.49. The van der Waals surface area contributed by atoms with Gasteiger partial charge in [0.15, 0.2) is 11.7 Å². The van der Waals surface area contributed by atoms with Crippen LogP contribution in [0.5, 0.6) is 0 Å². The van der Waals surface area contributed by atoms with Gasteiger partial charge in [-0.15, -0.1) is 0 Å². The normalized spacial score (nSPS) is 40.0. The smallest absolute Gasteiger partial charge is 0.230 e. The first-order valence-electron chi connectivity index (χ1n) is 9.94. The summed E-state index contributed by atoms with van der Waals surface area (Å²) < 4.78 is 6.11. The molecule has 4 unspecified atom stereocenters. The number of rotatable bonds is 1. The highest BCUT2D eigenvalue weighted by Gasteiger charge is 2.69. The molecular formula is C20H25N3O4. The molecule has 3 fully saturated rings. The number of nitrogens with one attached hydrogen (secondary N) is 2. The van der Waals surface area contributed by atoms with Gasteiger partial charge in [0.2, 0.25) is 11.8 Å². The van der Waals surface area contributed by atoms with Crippen molar-refractivity contribution in [3.8, 4) is 0 Å². The molecule has 0 aromatic carbocycles. The number of hydrogen-bond acceptors (Lipinski definition) is 6. The van der Waals surface area contributed by atoms with Crippen LogP contribution in [0.15, 0.2) is 16.6 Å². The predicted molar refractivity (Wildman–Crippen MR) is 96.8 cm³/mol. The van der Waals surface area contributed by atoms with Crippen molar-refractivity contribution in [3.05, 3.63) is 11.6 Å². The van der Waals surface area contributed by atoms with Crippen molar-refractivity contribution in [2.24, 2.45) is 33.6 Å². The summed E-state index contributed by atoms with van der Waals surface area (Å²) in [6.45, 7) is 4.85. The van der Waals surface area contributed by atoms with Gasteiger partial charge in [-0.3, -0.25) is 24.7 Å². The number of carbonyl (C=O) groups excluding carboxylic acids is 3. The SMILES string of the molecule is CC1=CC23C(=NCC2C(C2CCC(=O)NC2=O)C1=O)OCC31CCNCC1. The van der Waals surface area contributed by atoms with Gasteiger partial charge in [0.25, 0.3) is 0 Å². The first-order chi connectivity index (χ1) is 13.0. The van der Waals surface area contributed by atoms with Crippen molar-refractivity contribution < 1.29 is 19.1 Å². The Morgan fingerprint density at radius 3 is 2.74 bits per heavy atom. The topological polar surface area (TPSA) is 96.9 Å². The van der Waals surface area contributed by atoms with E-state index in [4.69, 9.17) is 9.73 Å². The van der Waals surface area contributed by atoms with Gasteiger partial charge < -0.3 is 10.1 Å². The van der Waals surface area contributed by atoms with Gasteiger partial charge in [-0.2, -0.15) is 0 Å². The van der Waals surface area contributed by atoms with Gasteiger partial charge in [-0.25, -0.2) is 0 Å². The summed E-state index contributed by atoms with van der Waals surface area (Å²) in [7, 11) is 0. The van der Waals surface area contributed by atoms with E-state index in [1.54, 1.807) is 0 Å². The standard InChI is InChI=1S/C20H25N3O4/c1-11-8-20-13(15(16(11)25)12-2-3-14(24)23-17(12)26)9-22-18(20)27-10-19(20)4-6-21-7-5-19/h8,12-13,15,21H,2-7,9-10H2,1H3,(H,23,24,26). The maximum absolute atomic E-state index is 13.2. The minimum Gasteiger partial charge on any atom is -0.480 e. The molecule has 1 aliphatic carbocycles. The molecule has 2 N–H and O–H groups in total. The van der Waals surface area contributed by atoms with Crippen molar-refractivity contribution >= 4 is 23.5 Å². The third-order valence-electron chi connectivity index (χ3n) is 7.58. The summed E-state index contributed by atoms with van der Waals surface area (Å²) in [4.78, 5) is 42.2. The highest BCUT2D eigenvalue weighted by Crippen LogP contribution is 2.64. The van der Waals surface area contributed by atoms with Gasteiger partial charge in [0.05, 0.1) is 12.0 Å². The first kappa shape index (κ1) is 17.1. The summed E-state index contributed by atoms with van der Waals surface area (Å²) in [5, 5.41) is 5.87. The summed E-state index contributed by atoms with van der Waals surface area (Å²) in [5.74, 6) is -0.711. The Kier molecular flexibility index (Phi) is 3.63. The largest absolute Gasteiger partial charge is 0.480 e. The second-order valence-corrected chi connectivity index (χ2v) is 8.72. The number of nitrogens with zero attached hydrogens (tertiary/aromatic N) is 1. The second kappa shape index (κ2) is 5.74. The Morgan fingerprint density at radius 1 is 1.22 bits per heavy atom. The van der Waals surface area contributed by atoms with E-state index in [0.717, 1.165) is 31.8 Å². The Morgan fingerprint density at radius 2 is 2.00 bits per heavy atom. The molecule has 2 amide bonds. The van der Waals surface area contributed by atoms with Crippen molar-refractivity contribution in [3.63, 3.8) is 0 Å². The molecule has 4 aliphatic heterocycles. The van der Waals surface area contributed by atoms with Gasteiger partial charge >= 0.3 is 0 Å². The average Bonchev–Trinajstić information content (AvgIpc) is 3.14. The van der Waals surface area contributed by atoms with E-state index < -0.39 is 11.8 Å². The number of Topliss-reactive ketones (excluding diaryl/α,β-unsaturated/α-hetero) is 1. The summed E-state index contributed by atoms with van der Waals surface area (Å²) >= 11 is 0. The van der Waals surface area contributed by atoms with Crippen LogP contribution in [0, 0.1) is 28.6 Å². The highest BCUT2D eigenvalue weighted by atomic mass is 16.5. The zero-order valence-electron chi connectivity index (χ0n) is 15.5. The fraction of sp³-hybridized carbons (Fsp3) is 0.700. The molecule has 7 nitrogen and oxygen atoms in total. The van der Waals surface area contributed by atoms with Crippen molar-refractivity contribution in [1.29, 1.82) is 0 Å². The number of piperidine rings is 2. The van der Waals surface area contributed by atoms with Crippen LogP contribution >= 0.6 is 0 Å². The quantitative estimate of drug-likeness (QED) is 0.658. The predicted octanol–water partition coefficient (Wildman–Crippen LogP) is 0.599. The van der Waals surface area contributed by atoms with Gasteiger partial charge in [-0.1, -0.05) is 6.08 Å². The molecule has 4 atom stereocenters. The van der Waals surface area contributed by atoms with Crippen molar-refractivity contribution in [2.45, 2.75) is 32.6 Å². The number of ether oxygens (including phenoxy) is 1. The highest BCUT2D eigenvalue weighted by molar-refractivity contribution is 6.07. The van der Waals surface area contributed by atoms with Crippen LogP contribution in [0.4, 0.5) is 0 Å². The third kappa shape index (κ3) is 2.12. The molecular weight excluding hydrogens is 346 g/mol. The molecule has 0 aromatic heterocycles. The fourth-order valence-corrected chi connectivity index (χ4v) is 6.28. The molecule has 3 saturated heterocycles. The number of amides is 2. The van der Waals surface area contributed by atoms with Crippen LogP contribution in [-0.2, 0) is 19.1 Å². The molecule has 0 saturated carbocycles. The van der Waals surface area contributed by atoms with Crippen LogP contribution in [0.2, 0.25) is 0 Å². The van der Waals surface area contributed by atoms with E-state index in [1.165, 1.54) is 0 Å². The molecule has 7 heteroatoms. The maximum atomic E-state index is 13.2. The molecule has 27 heavy (non-hydrogen) atoms. The molecule has 5 aliphatic rings. The van der Waals surface area contributed by atoms with Gasteiger partial charge in [-0.05, 0) is 44.8 Å². The number of carbonyl (C=O) groups is 3. The minimum atomic E-state index is -0.463. The zero-order valence-corrected chi connectivity index (χ0v) is 15.5. The second-order valence-electron chi connectivity index (χ2n) is 8.72. The molecule has 2 spiro atoms. The van der Waals surface area contributed by atoms with E-state index in [-0.39, 0.29) is 34.3 Å². The molecule has 4 heterocycles. The lowest BCUT2D eigenvalue weighted by Gasteiger charge is -2.51. The Labute approximate surface area is 158 Å². The number of hydrogen-bond donors (Lipinski definition) is 2. The van der Waals surface area contributed by atoms with Crippen LogP contribution < -0.4 is 10.6 Å². The lowest BCUT2D eigenvalue weighted by molar-refractivity contribution is -0.144. The Hall–Kier alpha value is -2.02. The van der Waals surface area contributed by atoms with E-state index in [9.17, 15) is 14.4 Å². The average molecular weight is 371 g/mol. The molecule has 0 aromatic rings. The third-order valence-corrected chi connectivity index (χ3v) is 7.58. The van der Waals surface area contributed by atoms with Crippen LogP contribution in [0.1, 0.15) is 32.6 Å². The molecule has 144 valence electrons. The zero-order chi connectivity index (χ0) is 18.8. The van der Waals surface area contributed by atoms with E-state index >= 15 is 0 Å². The maximum Gasteiger partial charge on any atom is 0.230 e. The van der Waals surface area contributed by atoms with Crippen LogP contribution in [-0.4, -0.2) is 49.7 Å². The molecule has 5 rings (SSSR count).